The van der Waals surface area contributed by atoms with Gasteiger partial charge in [-0.1, -0.05) is 93.0 Å². The van der Waals surface area contributed by atoms with Crippen LogP contribution in [0.3, 0.4) is 0 Å². The van der Waals surface area contributed by atoms with Gasteiger partial charge in [-0.15, -0.1) is 12.4 Å². The summed E-state index contributed by atoms with van der Waals surface area (Å²) >= 11 is 9.87. The number of hydrogen-bond acceptors (Lipinski definition) is 12. The van der Waals surface area contributed by atoms with Crippen LogP contribution in [0, 0.1) is 0 Å². The fourth-order valence-corrected chi connectivity index (χ4v) is 10.5. The number of nitrogens with one attached hydrogen (secondary N) is 3. The molecule has 3 aliphatic rings. The maximum Gasteiger partial charge on any atom is 0.405 e. The number of carbonyl (C=O) groups excluding carboxylic acids is 1. The highest BCUT2D eigenvalue weighted by Gasteiger charge is 2.23. The Bertz CT molecular complexity index is 1770. The van der Waals surface area contributed by atoms with E-state index in [1.54, 1.807) is 6.92 Å². The average Bonchev–Trinajstić information content (AvgIpc) is 3.17. The second kappa shape index (κ2) is 34.1. The van der Waals surface area contributed by atoms with Crippen molar-refractivity contribution < 1.29 is 34.8 Å². The summed E-state index contributed by atoms with van der Waals surface area (Å²) in [5.74, 6) is 0.558. The number of benzene rings is 2. The highest BCUT2D eigenvalue weighted by molar-refractivity contribution is 8.13. The maximum absolute atomic E-state index is 11.7. The molecule has 62 heavy (non-hydrogen) atoms. The normalized spacial score (nSPS) is 17.4. The van der Waals surface area contributed by atoms with Crippen LogP contribution in [0.1, 0.15) is 96.6 Å². The van der Waals surface area contributed by atoms with Crippen LogP contribution in [0.4, 0.5) is 4.79 Å². The van der Waals surface area contributed by atoms with E-state index in [1.165, 1.54) is 18.1 Å². The number of rotatable bonds is 15. The summed E-state index contributed by atoms with van der Waals surface area (Å²) in [7, 11) is -4.48. The van der Waals surface area contributed by atoms with Crippen molar-refractivity contribution in [2.24, 2.45) is 5.73 Å². The van der Waals surface area contributed by atoms with Crippen molar-refractivity contribution in [3.63, 3.8) is 0 Å². The predicted molar refractivity (Wildman–Crippen MR) is 259 cm³/mol. The second-order valence-electron chi connectivity index (χ2n) is 15.2. The minimum Gasteiger partial charge on any atom is -0.434 e. The Morgan fingerprint density at radius 3 is 1.39 bits per heavy atom. The Morgan fingerprint density at radius 1 is 0.710 bits per heavy atom. The van der Waals surface area contributed by atoms with Gasteiger partial charge in [-0.25, -0.2) is 39.5 Å². The SMILES string of the molecule is CC(Cl)OC(=O)Cl.CCCS(=O)(=O)Cl.CCCS(=O)(=O)NC1CCN(Cc2ccccc2)CC1.CCCS(=O)(=O)NC1CCNCC1.Cl.NC1CCN(Cc2ccccc2)CC1. The molecule has 5 rings (SSSR count). The monoisotopic (exact) mass is 1010 g/mol. The fourth-order valence-electron chi connectivity index (χ4n) is 6.48. The first kappa shape index (κ1) is 60.7. The molecule has 2 aromatic rings. The summed E-state index contributed by atoms with van der Waals surface area (Å²) in [4.78, 5) is 14.6. The number of sulfonamides is 2. The molecular formula is C41H72Cl4N6O8S3. The van der Waals surface area contributed by atoms with E-state index in [-0.39, 0.29) is 41.7 Å². The van der Waals surface area contributed by atoms with Crippen LogP contribution in [0.25, 0.3) is 0 Å². The van der Waals surface area contributed by atoms with Crippen LogP contribution in [-0.2, 0) is 46.9 Å². The largest absolute Gasteiger partial charge is 0.434 e. The van der Waals surface area contributed by atoms with Crippen molar-refractivity contribution in [2.45, 2.75) is 122 Å². The van der Waals surface area contributed by atoms with Crippen molar-refractivity contribution in [1.29, 1.82) is 0 Å². The van der Waals surface area contributed by atoms with E-state index in [2.05, 4.69) is 83.9 Å². The first-order valence-corrected chi connectivity index (χ1v) is 27.8. The average molecular weight is 1020 g/mol. The highest BCUT2D eigenvalue weighted by Crippen LogP contribution is 2.15. The molecule has 21 heteroatoms. The quantitative estimate of drug-likeness (QED) is 0.106. The number of halogens is 4. The molecule has 0 saturated carbocycles. The minimum atomic E-state index is -3.20. The molecule has 0 amide bonds. The van der Waals surface area contributed by atoms with Crippen LogP contribution in [-0.4, -0.2) is 121 Å². The number of alkyl halides is 1. The highest BCUT2D eigenvalue weighted by atomic mass is 35.7. The molecule has 5 N–H and O–H groups in total. The van der Waals surface area contributed by atoms with Gasteiger partial charge in [0.1, 0.15) is 0 Å². The number of ether oxygens (including phenoxy) is 1. The van der Waals surface area contributed by atoms with Crippen molar-refractivity contribution >= 4 is 80.8 Å². The molecule has 3 heterocycles. The van der Waals surface area contributed by atoms with Crippen LogP contribution >= 0.6 is 46.3 Å². The lowest BCUT2D eigenvalue weighted by Gasteiger charge is -2.32. The van der Waals surface area contributed by atoms with Gasteiger partial charge < -0.3 is 15.8 Å². The zero-order valence-corrected chi connectivity index (χ0v) is 42.3. The van der Waals surface area contributed by atoms with Gasteiger partial charge in [0.25, 0.3) is 0 Å². The molecule has 1 atom stereocenters. The Balaban J connectivity index is 0.000000791. The maximum atomic E-state index is 11.7. The molecule has 1 unspecified atom stereocenters. The molecular weight excluding hydrogens is 942 g/mol. The zero-order chi connectivity index (χ0) is 45.7. The standard InChI is InChI=1S/C15H24N2O2S.C12H18N2.C8H18N2O2S.C3H4Cl2O2.C3H7ClO2S.ClH/c1-2-12-20(18,19)16-15-8-10-17(11-9-15)13-14-6-4-3-5-7-14;13-12-6-8-14(9-7-12)10-11-4-2-1-3-5-11;1-2-7-13(11,12)10-8-3-5-9-6-4-8;1-2(4)7-3(5)6;1-2-3-7(4,5)6;/h3-7,15-16H,2,8-13H2,1H3;1-5,12H,6-10,13H2;8-10H,2-7H2,1H3;2H,1H3;2-3H2,1H3;1H. The number of nitrogens with two attached hydrogens (primary N) is 1. The van der Waals surface area contributed by atoms with Crippen LogP contribution in [0.15, 0.2) is 60.7 Å². The van der Waals surface area contributed by atoms with Crippen molar-refractivity contribution in [3.8, 4) is 0 Å². The molecule has 3 saturated heterocycles. The summed E-state index contributed by atoms with van der Waals surface area (Å²) in [6.07, 6.45) is 7.84. The van der Waals surface area contributed by atoms with E-state index in [0.29, 0.717) is 25.3 Å². The third-order valence-corrected chi connectivity index (χ3v) is 14.2. The van der Waals surface area contributed by atoms with E-state index in [1.807, 2.05) is 19.9 Å². The number of carbonyl (C=O) groups is 1. The van der Waals surface area contributed by atoms with Crippen molar-refractivity contribution in [1.82, 2.24) is 24.6 Å². The molecule has 360 valence electrons. The fraction of sp³-hybridized carbons (Fsp3) is 0.683. The molecule has 3 aliphatic heterocycles. The summed E-state index contributed by atoms with van der Waals surface area (Å²) in [5, 5.41) is 3.20. The van der Waals surface area contributed by atoms with Gasteiger partial charge in [0.05, 0.1) is 17.3 Å². The van der Waals surface area contributed by atoms with Crippen molar-refractivity contribution in [2.75, 3.05) is 56.5 Å². The van der Waals surface area contributed by atoms with Crippen LogP contribution in [0.2, 0.25) is 0 Å². The van der Waals surface area contributed by atoms with Gasteiger partial charge in [-0.2, -0.15) is 0 Å². The Labute approximate surface area is 394 Å². The molecule has 14 nitrogen and oxygen atoms in total. The molecule has 2 aromatic carbocycles. The Kier molecular flexibility index (Phi) is 33.3. The Hall–Kier alpha value is -1.32. The predicted octanol–water partition coefficient (Wildman–Crippen LogP) is 6.99. The van der Waals surface area contributed by atoms with Gasteiger partial charge in [0.15, 0.2) is 5.56 Å². The van der Waals surface area contributed by atoms with Gasteiger partial charge in [0, 0.05) is 66.6 Å². The van der Waals surface area contributed by atoms with Crippen LogP contribution in [0.5, 0.6) is 0 Å². The molecule has 0 radical (unpaired) electrons. The van der Waals surface area contributed by atoms with Gasteiger partial charge in [0.2, 0.25) is 29.1 Å². The second-order valence-corrected chi connectivity index (χ2v) is 22.7. The zero-order valence-electron chi connectivity index (χ0n) is 36.7. The van der Waals surface area contributed by atoms with Gasteiger partial charge >= 0.3 is 5.43 Å². The van der Waals surface area contributed by atoms with Crippen molar-refractivity contribution in [3.05, 3.63) is 71.8 Å². The van der Waals surface area contributed by atoms with Crippen LogP contribution < -0.4 is 20.5 Å². The lowest BCUT2D eigenvalue weighted by atomic mass is 10.1. The topological polar surface area (TPSA) is 197 Å². The molecule has 0 bridgehead atoms. The minimum absolute atomic E-state index is 0. The first-order valence-electron chi connectivity index (χ1n) is 21.2. The van der Waals surface area contributed by atoms with E-state index in [4.69, 9.17) is 39.6 Å². The third-order valence-electron chi connectivity index (χ3n) is 9.40. The number of nitrogens with zero attached hydrogens (tertiary/aromatic N) is 2. The molecule has 3 fully saturated rings. The van der Waals surface area contributed by atoms with E-state index >= 15 is 0 Å². The number of hydrogen-bond donors (Lipinski definition) is 4. The summed E-state index contributed by atoms with van der Waals surface area (Å²) < 4.78 is 75.9. The van der Waals surface area contributed by atoms with E-state index < -0.39 is 40.1 Å². The summed E-state index contributed by atoms with van der Waals surface area (Å²) in [5.41, 5.74) is 7.08. The lowest BCUT2D eigenvalue weighted by molar-refractivity contribution is 0.166. The van der Waals surface area contributed by atoms with E-state index in [9.17, 15) is 30.0 Å². The third kappa shape index (κ3) is 33.2. The molecule has 0 aromatic heterocycles. The smallest absolute Gasteiger partial charge is 0.405 e. The number of piperidine rings is 3. The van der Waals surface area contributed by atoms with E-state index in [0.717, 1.165) is 90.9 Å². The molecule has 0 spiro atoms. The summed E-state index contributed by atoms with van der Waals surface area (Å²) in [6, 6.07) is 21.7. The summed E-state index contributed by atoms with van der Waals surface area (Å²) in [6.45, 7) is 15.1. The number of likely N-dealkylation sites (tertiary alicyclic amines) is 2. The molecule has 0 aliphatic carbocycles. The van der Waals surface area contributed by atoms with Gasteiger partial charge in [-0.3, -0.25) is 9.80 Å². The van der Waals surface area contributed by atoms with Gasteiger partial charge in [-0.05, 0) is 102 Å². The first-order chi connectivity index (χ1) is 28.8. The Morgan fingerprint density at radius 2 is 1.08 bits per heavy atom. The lowest BCUT2D eigenvalue weighted by Crippen LogP contribution is -2.44.